The van der Waals surface area contributed by atoms with Gasteiger partial charge in [0, 0.05) is 5.33 Å². The number of halogens is 1. The van der Waals surface area contributed by atoms with Crippen molar-refractivity contribution >= 4 is 15.9 Å². The van der Waals surface area contributed by atoms with Gasteiger partial charge in [-0.05, 0) is 13.8 Å². The largest absolute Gasteiger partial charge is 0.387 e. The molecule has 0 saturated carbocycles. The van der Waals surface area contributed by atoms with Crippen molar-refractivity contribution in [3.8, 4) is 0 Å². The minimum absolute atomic E-state index is 0.230. The van der Waals surface area contributed by atoms with Crippen LogP contribution in [0, 0.1) is 0 Å². The molecule has 0 aromatic rings. The first kappa shape index (κ1) is 9.86. The monoisotopic (exact) mass is 252 g/mol. The minimum atomic E-state index is -0.645. The van der Waals surface area contributed by atoms with E-state index >= 15 is 0 Å². The number of hydrogen-bond donors (Lipinski definition) is 1. The van der Waals surface area contributed by atoms with Crippen LogP contribution >= 0.6 is 15.9 Å². The van der Waals surface area contributed by atoms with Crippen LogP contribution in [0.25, 0.3) is 0 Å². The molecule has 0 spiro atoms. The smallest absolute Gasteiger partial charge is 0.190 e. The summed E-state index contributed by atoms with van der Waals surface area (Å²) in [5.74, 6) is -0.645. The highest BCUT2D eigenvalue weighted by Crippen LogP contribution is 2.37. The zero-order valence-corrected chi connectivity index (χ0v) is 9.15. The van der Waals surface area contributed by atoms with Gasteiger partial charge in [0.25, 0.3) is 0 Å². The van der Waals surface area contributed by atoms with Gasteiger partial charge >= 0.3 is 0 Å². The molecule has 5 heteroatoms. The van der Waals surface area contributed by atoms with Gasteiger partial charge in [0.2, 0.25) is 0 Å². The van der Waals surface area contributed by atoms with Crippen LogP contribution in [0.4, 0.5) is 0 Å². The first-order valence-corrected chi connectivity index (χ1v) is 5.41. The van der Waals surface area contributed by atoms with Crippen molar-refractivity contribution in [2.75, 3.05) is 5.33 Å². The molecule has 13 heavy (non-hydrogen) atoms. The van der Waals surface area contributed by atoms with Crippen molar-refractivity contribution in [3.63, 3.8) is 0 Å². The van der Waals surface area contributed by atoms with Crippen LogP contribution in [0.15, 0.2) is 0 Å². The highest BCUT2D eigenvalue weighted by Gasteiger charge is 2.53. The molecule has 4 nitrogen and oxygen atoms in total. The molecule has 2 saturated heterocycles. The van der Waals surface area contributed by atoms with Crippen LogP contribution in [0.3, 0.4) is 0 Å². The number of rotatable bonds is 1. The van der Waals surface area contributed by atoms with E-state index in [2.05, 4.69) is 15.9 Å². The summed E-state index contributed by atoms with van der Waals surface area (Å²) >= 11 is 3.26. The second-order valence-corrected chi connectivity index (χ2v) is 4.44. The van der Waals surface area contributed by atoms with Crippen LogP contribution in [0.5, 0.6) is 0 Å². The lowest BCUT2D eigenvalue weighted by molar-refractivity contribution is -0.211. The Balaban J connectivity index is 2.07. The number of aliphatic hydroxyl groups excluding tert-OH is 1. The Bertz CT molecular complexity index is 208. The normalized spacial score (nSPS) is 48.0. The minimum Gasteiger partial charge on any atom is -0.387 e. The number of ether oxygens (including phenoxy) is 3. The predicted molar refractivity (Wildman–Crippen MR) is 48.5 cm³/mol. The van der Waals surface area contributed by atoms with E-state index in [1.54, 1.807) is 0 Å². The zero-order chi connectivity index (χ0) is 9.64. The molecule has 0 bridgehead atoms. The standard InChI is InChI=1S/C8H13BrO4/c1-8(2)12-6-5(10)4(3-9)11-7(6)13-8/h4-7,10H,3H2,1-2H3/t4-,5+,6-,7-/m1/s1. The van der Waals surface area contributed by atoms with Gasteiger partial charge in [-0.1, -0.05) is 15.9 Å². The summed E-state index contributed by atoms with van der Waals surface area (Å²) in [5, 5.41) is 10.3. The van der Waals surface area contributed by atoms with Crippen molar-refractivity contribution in [2.24, 2.45) is 0 Å². The molecular weight excluding hydrogens is 240 g/mol. The second kappa shape index (κ2) is 3.17. The third-order valence-corrected chi connectivity index (χ3v) is 2.90. The highest BCUT2D eigenvalue weighted by atomic mass is 79.9. The Morgan fingerprint density at radius 1 is 1.38 bits per heavy atom. The summed E-state index contributed by atoms with van der Waals surface area (Å²) in [5.41, 5.74) is 0. The molecule has 0 amide bonds. The second-order valence-electron chi connectivity index (χ2n) is 3.79. The van der Waals surface area contributed by atoms with E-state index in [-0.39, 0.29) is 12.2 Å². The Morgan fingerprint density at radius 2 is 2.08 bits per heavy atom. The van der Waals surface area contributed by atoms with Crippen molar-refractivity contribution in [1.82, 2.24) is 0 Å². The fourth-order valence-corrected chi connectivity index (χ4v) is 2.22. The molecule has 0 aromatic heterocycles. The third kappa shape index (κ3) is 1.64. The number of aliphatic hydroxyl groups is 1. The molecule has 2 aliphatic rings. The lowest BCUT2D eigenvalue weighted by atomic mass is 10.2. The van der Waals surface area contributed by atoms with Gasteiger partial charge in [-0.25, -0.2) is 0 Å². The van der Waals surface area contributed by atoms with E-state index in [9.17, 15) is 5.11 Å². The van der Waals surface area contributed by atoms with E-state index in [1.165, 1.54) is 0 Å². The lowest BCUT2D eigenvalue weighted by Crippen LogP contribution is -2.35. The molecule has 1 N–H and O–H groups in total. The summed E-state index contributed by atoms with van der Waals surface area (Å²) in [6.07, 6.45) is -1.61. The molecule has 2 aliphatic heterocycles. The maximum atomic E-state index is 9.73. The molecule has 2 fully saturated rings. The van der Waals surface area contributed by atoms with Crippen molar-refractivity contribution in [1.29, 1.82) is 0 Å². The summed E-state index contributed by atoms with van der Waals surface area (Å²) in [4.78, 5) is 0. The average molecular weight is 253 g/mol. The molecule has 0 unspecified atom stereocenters. The Kier molecular flexibility index (Phi) is 2.40. The topological polar surface area (TPSA) is 47.9 Å². The van der Waals surface area contributed by atoms with Crippen LogP contribution in [0.1, 0.15) is 13.8 Å². The van der Waals surface area contributed by atoms with E-state index in [1.807, 2.05) is 13.8 Å². The van der Waals surface area contributed by atoms with Gasteiger partial charge in [-0.2, -0.15) is 0 Å². The van der Waals surface area contributed by atoms with E-state index < -0.39 is 18.2 Å². The lowest BCUT2D eigenvalue weighted by Gasteiger charge is -2.21. The first-order chi connectivity index (χ1) is 6.03. The number of fused-ring (bicyclic) bond motifs is 1. The Hall–Kier alpha value is 0.320. The molecule has 2 heterocycles. The maximum absolute atomic E-state index is 9.73. The third-order valence-electron chi connectivity index (χ3n) is 2.27. The Labute approximate surface area is 85.3 Å². The van der Waals surface area contributed by atoms with Gasteiger partial charge in [-0.15, -0.1) is 0 Å². The number of hydrogen-bond acceptors (Lipinski definition) is 4. The first-order valence-electron chi connectivity index (χ1n) is 4.28. The quantitative estimate of drug-likeness (QED) is 0.696. The average Bonchev–Trinajstić information content (AvgIpc) is 2.47. The fraction of sp³-hybridized carbons (Fsp3) is 1.00. The van der Waals surface area contributed by atoms with E-state index in [4.69, 9.17) is 14.2 Å². The molecule has 76 valence electrons. The summed E-state index contributed by atoms with van der Waals surface area (Å²) in [7, 11) is 0. The molecule has 0 radical (unpaired) electrons. The van der Waals surface area contributed by atoms with Crippen molar-refractivity contribution in [3.05, 3.63) is 0 Å². The van der Waals surface area contributed by atoms with Crippen molar-refractivity contribution in [2.45, 2.75) is 44.2 Å². The fourth-order valence-electron chi connectivity index (χ4n) is 1.69. The molecule has 0 aromatic carbocycles. The van der Waals surface area contributed by atoms with Gasteiger partial charge in [-0.3, -0.25) is 0 Å². The molecule has 0 aliphatic carbocycles. The SMILES string of the molecule is CC1(C)O[C@H]2O[C@H](CBr)[C@H](O)[C@H]2O1. The number of alkyl halides is 1. The highest BCUT2D eigenvalue weighted by molar-refractivity contribution is 9.09. The van der Waals surface area contributed by atoms with Crippen LogP contribution in [0.2, 0.25) is 0 Å². The van der Waals surface area contributed by atoms with E-state index in [0.717, 1.165) is 0 Å². The summed E-state index contributed by atoms with van der Waals surface area (Å²) in [6, 6.07) is 0. The van der Waals surface area contributed by atoms with Crippen LogP contribution in [-0.2, 0) is 14.2 Å². The van der Waals surface area contributed by atoms with Gasteiger partial charge in [0.15, 0.2) is 12.1 Å². The van der Waals surface area contributed by atoms with Crippen molar-refractivity contribution < 1.29 is 19.3 Å². The zero-order valence-electron chi connectivity index (χ0n) is 7.57. The van der Waals surface area contributed by atoms with Gasteiger partial charge in [0.1, 0.15) is 12.2 Å². The van der Waals surface area contributed by atoms with Gasteiger partial charge in [0.05, 0.1) is 6.10 Å². The summed E-state index contributed by atoms with van der Waals surface area (Å²) in [6.45, 7) is 3.62. The molecule has 2 rings (SSSR count). The predicted octanol–water partition coefficient (Wildman–Crippen LogP) is 0.619. The van der Waals surface area contributed by atoms with Gasteiger partial charge < -0.3 is 19.3 Å². The summed E-state index contributed by atoms with van der Waals surface area (Å²) < 4.78 is 16.4. The molecular formula is C8H13BrO4. The Morgan fingerprint density at radius 3 is 2.62 bits per heavy atom. The van der Waals surface area contributed by atoms with E-state index in [0.29, 0.717) is 5.33 Å². The van der Waals surface area contributed by atoms with Crippen LogP contribution < -0.4 is 0 Å². The van der Waals surface area contributed by atoms with Crippen LogP contribution in [-0.4, -0.2) is 40.8 Å². The molecule has 4 atom stereocenters. The maximum Gasteiger partial charge on any atom is 0.190 e.